The molecule has 1 aromatic carbocycles. The molecule has 0 spiro atoms. The fraction of sp³-hybridized carbons (Fsp3) is 0.300. The molecule has 0 aliphatic heterocycles. The normalized spacial score (nSPS) is 10.0. The third-order valence-corrected chi connectivity index (χ3v) is 3.01. The van der Waals surface area contributed by atoms with Gasteiger partial charge < -0.3 is 10.5 Å². The van der Waals surface area contributed by atoms with E-state index in [9.17, 15) is 14.9 Å². The molecule has 92 valence electrons. The maximum absolute atomic E-state index is 11.3. The molecule has 7 heteroatoms. The number of benzene rings is 1. The van der Waals surface area contributed by atoms with Crippen LogP contribution in [0.2, 0.25) is 0 Å². The number of rotatable bonds is 4. The number of nitrogen functional groups attached to an aromatic ring is 1. The number of ether oxygens (including phenoxy) is 1. The van der Waals surface area contributed by atoms with Crippen molar-refractivity contribution in [1.29, 1.82) is 0 Å². The van der Waals surface area contributed by atoms with Crippen LogP contribution in [0.3, 0.4) is 0 Å². The van der Waals surface area contributed by atoms with E-state index in [1.54, 1.807) is 6.92 Å². The summed E-state index contributed by atoms with van der Waals surface area (Å²) in [5, 5.41) is 10.8. The van der Waals surface area contributed by atoms with Crippen molar-refractivity contribution in [2.75, 3.05) is 12.3 Å². The summed E-state index contributed by atoms with van der Waals surface area (Å²) in [4.78, 5) is 21.6. The molecule has 0 heterocycles. The van der Waals surface area contributed by atoms with Crippen LogP contribution in [-0.2, 0) is 16.0 Å². The average Bonchev–Trinajstić information content (AvgIpc) is 2.25. The maximum atomic E-state index is 11.3. The summed E-state index contributed by atoms with van der Waals surface area (Å²) < 4.78 is 5.11. The molecule has 0 aliphatic carbocycles. The Bertz CT molecular complexity index is 462. The highest BCUT2D eigenvalue weighted by molar-refractivity contribution is 9.10. The molecule has 0 amide bonds. The summed E-state index contributed by atoms with van der Waals surface area (Å²) >= 11 is 3.14. The number of esters is 1. The van der Waals surface area contributed by atoms with E-state index in [4.69, 9.17) is 10.5 Å². The monoisotopic (exact) mass is 302 g/mol. The molecule has 0 radical (unpaired) electrons. The zero-order valence-electron chi connectivity index (χ0n) is 9.10. The van der Waals surface area contributed by atoms with Gasteiger partial charge in [0.15, 0.2) is 0 Å². The van der Waals surface area contributed by atoms with Crippen LogP contribution in [-0.4, -0.2) is 17.5 Å². The molecule has 0 aromatic heterocycles. The van der Waals surface area contributed by atoms with Gasteiger partial charge in [0, 0.05) is 11.8 Å². The summed E-state index contributed by atoms with van der Waals surface area (Å²) in [5.41, 5.74) is 6.04. The molecule has 17 heavy (non-hydrogen) atoms. The van der Waals surface area contributed by atoms with Gasteiger partial charge >= 0.3 is 5.97 Å². The summed E-state index contributed by atoms with van der Waals surface area (Å²) in [6.07, 6.45) is -0.185. The average molecular weight is 303 g/mol. The van der Waals surface area contributed by atoms with Crippen molar-refractivity contribution in [3.8, 4) is 0 Å². The van der Waals surface area contributed by atoms with Crippen LogP contribution in [0.1, 0.15) is 12.5 Å². The largest absolute Gasteiger partial charge is 0.466 e. The highest BCUT2D eigenvalue weighted by Gasteiger charge is 2.21. The Kier molecular flexibility index (Phi) is 4.45. The van der Waals surface area contributed by atoms with Crippen molar-refractivity contribution in [2.45, 2.75) is 13.3 Å². The van der Waals surface area contributed by atoms with E-state index in [1.165, 1.54) is 12.1 Å². The van der Waals surface area contributed by atoms with Crippen LogP contribution in [0.15, 0.2) is 16.6 Å². The Hall–Kier alpha value is -1.63. The molecule has 6 nitrogen and oxygen atoms in total. The first-order chi connectivity index (χ1) is 7.97. The van der Waals surface area contributed by atoms with Crippen LogP contribution in [0.25, 0.3) is 0 Å². The second-order valence-corrected chi connectivity index (χ2v) is 4.00. The molecule has 0 fully saturated rings. The minimum absolute atomic E-state index is 0.154. The molecule has 0 aliphatic rings. The van der Waals surface area contributed by atoms with Gasteiger partial charge in [0.2, 0.25) is 0 Å². The van der Waals surface area contributed by atoms with Crippen LogP contribution in [0.5, 0.6) is 0 Å². The van der Waals surface area contributed by atoms with Gasteiger partial charge in [-0.2, -0.15) is 0 Å². The van der Waals surface area contributed by atoms with Crippen LogP contribution in [0, 0.1) is 10.1 Å². The van der Waals surface area contributed by atoms with E-state index >= 15 is 0 Å². The second kappa shape index (κ2) is 5.62. The number of nitro benzene ring substituents is 1. The summed E-state index contributed by atoms with van der Waals surface area (Å²) in [6, 6.07) is 2.69. The van der Waals surface area contributed by atoms with Crippen molar-refractivity contribution in [1.82, 2.24) is 0 Å². The quantitative estimate of drug-likeness (QED) is 0.397. The van der Waals surface area contributed by atoms with Crippen molar-refractivity contribution in [3.05, 3.63) is 32.3 Å². The fourth-order valence-corrected chi connectivity index (χ4v) is 1.80. The summed E-state index contributed by atoms with van der Waals surface area (Å²) in [5.74, 6) is -0.526. The van der Waals surface area contributed by atoms with E-state index in [1.807, 2.05) is 0 Å². The Morgan fingerprint density at radius 3 is 2.76 bits per heavy atom. The highest BCUT2D eigenvalue weighted by atomic mass is 79.9. The molecule has 0 saturated heterocycles. The number of hydrogen-bond donors (Lipinski definition) is 1. The van der Waals surface area contributed by atoms with Gasteiger partial charge in [0.1, 0.15) is 0 Å². The molecule has 1 rings (SSSR count). The smallest absolute Gasteiger partial charge is 0.310 e. The molecule has 0 bridgehead atoms. The van der Waals surface area contributed by atoms with Crippen molar-refractivity contribution in [3.63, 3.8) is 0 Å². The number of halogens is 1. The van der Waals surface area contributed by atoms with Gasteiger partial charge in [-0.1, -0.05) is 0 Å². The molecule has 2 N–H and O–H groups in total. The lowest BCUT2D eigenvalue weighted by atomic mass is 10.1. The zero-order chi connectivity index (χ0) is 13.0. The molecular weight excluding hydrogens is 292 g/mol. The highest BCUT2D eigenvalue weighted by Crippen LogP contribution is 2.32. The Balaban J connectivity index is 3.14. The van der Waals surface area contributed by atoms with Crippen molar-refractivity contribution >= 4 is 33.3 Å². The lowest BCUT2D eigenvalue weighted by molar-refractivity contribution is -0.385. The van der Waals surface area contributed by atoms with E-state index in [-0.39, 0.29) is 24.3 Å². The topological polar surface area (TPSA) is 95.5 Å². The van der Waals surface area contributed by atoms with Crippen LogP contribution in [0.4, 0.5) is 11.4 Å². The van der Waals surface area contributed by atoms with E-state index in [2.05, 4.69) is 15.9 Å². The third-order valence-electron chi connectivity index (χ3n) is 2.07. The third kappa shape index (κ3) is 3.16. The Morgan fingerprint density at radius 1 is 1.59 bits per heavy atom. The molecular formula is C10H11BrN2O4. The minimum atomic E-state index is -0.557. The zero-order valence-corrected chi connectivity index (χ0v) is 10.7. The summed E-state index contributed by atoms with van der Waals surface area (Å²) in [6.45, 7) is 1.90. The lowest BCUT2D eigenvalue weighted by Crippen LogP contribution is -2.10. The molecule has 0 atom stereocenters. The predicted molar refractivity (Wildman–Crippen MR) is 65.5 cm³/mol. The van der Waals surface area contributed by atoms with Crippen molar-refractivity contribution < 1.29 is 14.5 Å². The first kappa shape index (κ1) is 13.4. The predicted octanol–water partition coefficient (Wildman–Crippen LogP) is 2.05. The van der Waals surface area contributed by atoms with Gasteiger partial charge in [-0.15, -0.1) is 0 Å². The summed E-state index contributed by atoms with van der Waals surface area (Å²) in [7, 11) is 0. The number of carbonyl (C=O) groups excluding carboxylic acids is 1. The molecule has 1 aromatic rings. The minimum Gasteiger partial charge on any atom is -0.466 e. The first-order valence-electron chi connectivity index (χ1n) is 4.84. The van der Waals surface area contributed by atoms with Crippen LogP contribution < -0.4 is 5.73 Å². The van der Waals surface area contributed by atoms with Crippen molar-refractivity contribution in [2.24, 2.45) is 0 Å². The van der Waals surface area contributed by atoms with E-state index in [0.717, 1.165) is 0 Å². The second-order valence-electron chi connectivity index (χ2n) is 3.21. The standard InChI is InChI=1S/C10H11BrN2O4/c1-2-17-9(14)5-6-8(13(15)16)4-3-7(12)10(6)11/h3-4H,2,5,12H2,1H3. The van der Waals surface area contributed by atoms with Gasteiger partial charge in [-0.3, -0.25) is 14.9 Å². The number of nitrogens with zero attached hydrogens (tertiary/aromatic N) is 1. The SMILES string of the molecule is CCOC(=O)Cc1c([N+](=O)[O-])ccc(N)c1Br. The fourth-order valence-electron chi connectivity index (χ4n) is 1.32. The van der Waals surface area contributed by atoms with Gasteiger partial charge in [-0.05, 0) is 28.9 Å². The molecule has 0 unspecified atom stereocenters. The first-order valence-corrected chi connectivity index (χ1v) is 5.63. The number of nitro groups is 1. The van der Waals surface area contributed by atoms with E-state index in [0.29, 0.717) is 10.2 Å². The number of hydrogen-bond acceptors (Lipinski definition) is 5. The van der Waals surface area contributed by atoms with E-state index < -0.39 is 10.9 Å². The Labute approximate surface area is 106 Å². The van der Waals surface area contributed by atoms with Gasteiger partial charge in [0.05, 0.1) is 28.0 Å². The Morgan fingerprint density at radius 2 is 2.24 bits per heavy atom. The number of anilines is 1. The lowest BCUT2D eigenvalue weighted by Gasteiger charge is -2.07. The van der Waals surface area contributed by atoms with Gasteiger partial charge in [0.25, 0.3) is 5.69 Å². The van der Waals surface area contributed by atoms with Crippen LogP contribution >= 0.6 is 15.9 Å². The van der Waals surface area contributed by atoms with Gasteiger partial charge in [-0.25, -0.2) is 0 Å². The molecule has 0 saturated carbocycles. The number of carbonyl (C=O) groups is 1. The maximum Gasteiger partial charge on any atom is 0.310 e. The number of nitrogens with two attached hydrogens (primary N) is 1.